The van der Waals surface area contributed by atoms with Gasteiger partial charge in [0.2, 0.25) is 0 Å². The van der Waals surface area contributed by atoms with Crippen LogP contribution in [0.4, 0.5) is 0 Å². The average molecular weight is 296 g/mol. The van der Waals surface area contributed by atoms with E-state index in [1.165, 1.54) is 0 Å². The van der Waals surface area contributed by atoms with Crippen molar-refractivity contribution in [3.8, 4) is 11.5 Å². The SMILES string of the molecule is Cc1c(O)c(Br)c(O)c(C)c1Br. The van der Waals surface area contributed by atoms with Crippen molar-refractivity contribution in [2.45, 2.75) is 13.8 Å². The molecule has 1 aromatic carbocycles. The summed E-state index contributed by atoms with van der Waals surface area (Å²) in [5, 5.41) is 18.9. The van der Waals surface area contributed by atoms with Crippen LogP contribution in [0.3, 0.4) is 0 Å². The summed E-state index contributed by atoms with van der Waals surface area (Å²) in [6.07, 6.45) is 0. The quantitative estimate of drug-likeness (QED) is 0.771. The van der Waals surface area contributed by atoms with Crippen molar-refractivity contribution in [1.82, 2.24) is 0 Å². The molecule has 0 saturated carbocycles. The molecular formula is C8H8Br2O2. The van der Waals surface area contributed by atoms with Crippen LogP contribution in [0.5, 0.6) is 11.5 Å². The minimum atomic E-state index is 0.0741. The second-order valence-electron chi connectivity index (χ2n) is 2.58. The topological polar surface area (TPSA) is 40.5 Å². The Kier molecular flexibility index (Phi) is 2.68. The molecule has 12 heavy (non-hydrogen) atoms. The summed E-state index contributed by atoms with van der Waals surface area (Å²) in [7, 11) is 0. The predicted molar refractivity (Wildman–Crippen MR) is 54.6 cm³/mol. The van der Waals surface area contributed by atoms with Gasteiger partial charge in [0.1, 0.15) is 16.0 Å². The third-order valence-electron chi connectivity index (χ3n) is 1.78. The van der Waals surface area contributed by atoms with Gasteiger partial charge in [-0.25, -0.2) is 0 Å². The molecule has 66 valence electrons. The van der Waals surface area contributed by atoms with Crippen LogP contribution < -0.4 is 0 Å². The standard InChI is InChI=1S/C8H8Br2O2/c1-3-5(9)4(2)8(12)6(10)7(3)11/h11-12H,1-2H3. The Balaban J connectivity index is 3.60. The Morgan fingerprint density at radius 2 is 1.17 bits per heavy atom. The van der Waals surface area contributed by atoms with Crippen LogP contribution in [0.25, 0.3) is 0 Å². The number of hydrogen-bond donors (Lipinski definition) is 2. The van der Waals surface area contributed by atoms with Crippen molar-refractivity contribution < 1.29 is 10.2 Å². The molecule has 0 aliphatic carbocycles. The highest BCUT2D eigenvalue weighted by molar-refractivity contribution is 9.11. The molecule has 0 saturated heterocycles. The van der Waals surface area contributed by atoms with Crippen molar-refractivity contribution in [3.63, 3.8) is 0 Å². The van der Waals surface area contributed by atoms with Gasteiger partial charge in [-0.1, -0.05) is 0 Å². The molecule has 0 atom stereocenters. The van der Waals surface area contributed by atoms with Crippen LogP contribution in [0.1, 0.15) is 11.1 Å². The summed E-state index contributed by atoms with van der Waals surface area (Å²) in [4.78, 5) is 0. The van der Waals surface area contributed by atoms with Gasteiger partial charge >= 0.3 is 0 Å². The number of phenols is 2. The van der Waals surface area contributed by atoms with E-state index in [1.807, 2.05) is 0 Å². The highest BCUT2D eigenvalue weighted by Crippen LogP contribution is 2.42. The molecular weight excluding hydrogens is 288 g/mol. The fourth-order valence-electron chi connectivity index (χ4n) is 0.931. The minimum Gasteiger partial charge on any atom is -0.506 e. The fraction of sp³-hybridized carbons (Fsp3) is 0.250. The van der Waals surface area contributed by atoms with Crippen molar-refractivity contribution in [3.05, 3.63) is 20.1 Å². The van der Waals surface area contributed by atoms with Crippen molar-refractivity contribution in [2.24, 2.45) is 0 Å². The van der Waals surface area contributed by atoms with Crippen molar-refractivity contribution in [1.29, 1.82) is 0 Å². The van der Waals surface area contributed by atoms with Crippen LogP contribution in [-0.2, 0) is 0 Å². The highest BCUT2D eigenvalue weighted by Gasteiger charge is 2.14. The first-order valence-corrected chi connectivity index (χ1v) is 4.91. The second-order valence-corrected chi connectivity index (χ2v) is 4.16. The first-order chi connectivity index (χ1) is 5.46. The molecule has 0 bridgehead atoms. The molecule has 1 aromatic rings. The van der Waals surface area contributed by atoms with Crippen LogP contribution in [0.15, 0.2) is 8.95 Å². The van der Waals surface area contributed by atoms with E-state index >= 15 is 0 Å². The van der Waals surface area contributed by atoms with E-state index in [9.17, 15) is 10.2 Å². The summed E-state index contributed by atoms with van der Waals surface area (Å²) in [6, 6.07) is 0. The molecule has 2 nitrogen and oxygen atoms in total. The molecule has 2 N–H and O–H groups in total. The maximum Gasteiger partial charge on any atom is 0.137 e. The zero-order valence-electron chi connectivity index (χ0n) is 6.65. The van der Waals surface area contributed by atoms with E-state index in [2.05, 4.69) is 31.9 Å². The number of aromatic hydroxyl groups is 2. The van der Waals surface area contributed by atoms with E-state index in [0.29, 0.717) is 4.47 Å². The lowest BCUT2D eigenvalue weighted by Gasteiger charge is -2.10. The lowest BCUT2D eigenvalue weighted by atomic mass is 10.1. The summed E-state index contributed by atoms with van der Waals surface area (Å²) in [5.41, 5.74) is 1.44. The molecule has 0 aliphatic rings. The van der Waals surface area contributed by atoms with Gasteiger partial charge in [-0.05, 0) is 45.7 Å². The molecule has 0 fully saturated rings. The van der Waals surface area contributed by atoms with Gasteiger partial charge in [0, 0.05) is 15.6 Å². The van der Waals surface area contributed by atoms with E-state index in [-0.39, 0.29) is 11.5 Å². The molecule has 0 heterocycles. The van der Waals surface area contributed by atoms with Crippen LogP contribution >= 0.6 is 31.9 Å². The minimum absolute atomic E-state index is 0.0741. The molecule has 0 spiro atoms. The van der Waals surface area contributed by atoms with Crippen LogP contribution in [0, 0.1) is 13.8 Å². The zero-order valence-corrected chi connectivity index (χ0v) is 9.82. The van der Waals surface area contributed by atoms with Gasteiger partial charge in [0.15, 0.2) is 0 Å². The van der Waals surface area contributed by atoms with Gasteiger partial charge in [-0.2, -0.15) is 0 Å². The van der Waals surface area contributed by atoms with Crippen LogP contribution in [-0.4, -0.2) is 10.2 Å². The fourth-order valence-corrected chi connectivity index (χ4v) is 1.90. The molecule has 0 unspecified atom stereocenters. The summed E-state index contributed by atoms with van der Waals surface area (Å²) >= 11 is 6.37. The van der Waals surface area contributed by atoms with Gasteiger partial charge < -0.3 is 10.2 Å². The number of phenolic OH excluding ortho intramolecular Hbond substituents is 2. The first-order valence-electron chi connectivity index (χ1n) is 3.33. The molecule has 4 heteroatoms. The van der Waals surface area contributed by atoms with Gasteiger partial charge in [-0.15, -0.1) is 0 Å². The number of rotatable bonds is 0. The van der Waals surface area contributed by atoms with Gasteiger partial charge in [-0.3, -0.25) is 0 Å². The summed E-state index contributed by atoms with van der Waals surface area (Å²) in [5.74, 6) is 0.148. The van der Waals surface area contributed by atoms with Crippen molar-refractivity contribution in [2.75, 3.05) is 0 Å². The van der Waals surface area contributed by atoms with E-state index in [0.717, 1.165) is 15.6 Å². The first kappa shape index (κ1) is 9.86. The van der Waals surface area contributed by atoms with E-state index < -0.39 is 0 Å². The molecule has 0 radical (unpaired) electrons. The number of benzene rings is 1. The zero-order chi connectivity index (χ0) is 9.46. The predicted octanol–water partition coefficient (Wildman–Crippen LogP) is 3.24. The Hall–Kier alpha value is -0.220. The largest absolute Gasteiger partial charge is 0.506 e. The smallest absolute Gasteiger partial charge is 0.137 e. The lowest BCUT2D eigenvalue weighted by Crippen LogP contribution is -1.86. The third kappa shape index (κ3) is 1.33. The molecule has 1 rings (SSSR count). The Morgan fingerprint density at radius 3 is 1.50 bits per heavy atom. The monoisotopic (exact) mass is 294 g/mol. The number of hydrogen-bond acceptors (Lipinski definition) is 2. The summed E-state index contributed by atoms with van der Waals surface area (Å²) < 4.78 is 1.08. The maximum atomic E-state index is 9.46. The lowest BCUT2D eigenvalue weighted by molar-refractivity contribution is 0.438. The Bertz CT molecular complexity index is 229. The number of halogens is 2. The molecule has 0 aromatic heterocycles. The highest BCUT2D eigenvalue weighted by atomic mass is 79.9. The van der Waals surface area contributed by atoms with E-state index in [4.69, 9.17) is 0 Å². The van der Waals surface area contributed by atoms with Gasteiger partial charge in [0.05, 0.1) is 0 Å². The maximum absolute atomic E-state index is 9.46. The van der Waals surface area contributed by atoms with Crippen molar-refractivity contribution >= 4 is 31.9 Å². The third-order valence-corrected chi connectivity index (χ3v) is 3.73. The van der Waals surface area contributed by atoms with Crippen LogP contribution in [0.2, 0.25) is 0 Å². The molecule has 0 amide bonds. The summed E-state index contributed by atoms with van der Waals surface area (Å²) in [6.45, 7) is 3.55. The average Bonchev–Trinajstić information content (AvgIpc) is 2.08. The Labute approximate surface area is 87.5 Å². The Morgan fingerprint density at radius 1 is 0.833 bits per heavy atom. The molecule has 0 aliphatic heterocycles. The second kappa shape index (κ2) is 3.26. The normalized spacial score (nSPS) is 10.3. The van der Waals surface area contributed by atoms with E-state index in [1.54, 1.807) is 13.8 Å². The van der Waals surface area contributed by atoms with Gasteiger partial charge in [0.25, 0.3) is 0 Å².